The van der Waals surface area contributed by atoms with E-state index >= 15 is 0 Å². The summed E-state index contributed by atoms with van der Waals surface area (Å²) in [5, 5.41) is 6.03. The van der Waals surface area contributed by atoms with Gasteiger partial charge in [0.15, 0.2) is 0 Å². The number of hydrogen-bond acceptors (Lipinski definition) is 3. The molecule has 0 radical (unpaired) electrons. The molecule has 0 bridgehead atoms. The van der Waals surface area contributed by atoms with Crippen LogP contribution in [0.4, 0.5) is 0 Å². The molecule has 4 N–H and O–H groups in total. The Bertz CT molecular complexity index is 109. The molecule has 0 aromatic rings. The van der Waals surface area contributed by atoms with Crippen LogP contribution in [-0.2, 0) is 4.79 Å². The molecule has 1 fully saturated rings. The molecule has 1 amide bonds. The summed E-state index contributed by atoms with van der Waals surface area (Å²) in [5.41, 5.74) is 5.03. The van der Waals surface area contributed by atoms with Crippen molar-refractivity contribution >= 4 is 5.91 Å². The van der Waals surface area contributed by atoms with Gasteiger partial charge in [-0.3, -0.25) is 4.79 Å². The lowest BCUT2D eigenvalue weighted by atomic mass is 10.2. The van der Waals surface area contributed by atoms with E-state index in [1.165, 1.54) is 0 Å². The van der Waals surface area contributed by atoms with E-state index in [0.29, 0.717) is 6.54 Å². The van der Waals surface area contributed by atoms with E-state index in [-0.39, 0.29) is 11.9 Å². The van der Waals surface area contributed by atoms with E-state index in [1.54, 1.807) is 0 Å². The van der Waals surface area contributed by atoms with Crippen LogP contribution in [0, 0.1) is 0 Å². The van der Waals surface area contributed by atoms with Crippen LogP contribution in [0.25, 0.3) is 0 Å². The van der Waals surface area contributed by atoms with Crippen LogP contribution in [0.1, 0.15) is 0 Å². The molecule has 0 aromatic heterocycles. The molecule has 1 aliphatic rings. The predicted octanol–water partition coefficient (Wildman–Crippen LogP) is -1.97. The van der Waals surface area contributed by atoms with Crippen LogP contribution in [0.2, 0.25) is 0 Å². The second kappa shape index (κ2) is 2.80. The third kappa shape index (κ3) is 1.65. The largest absolute Gasteiger partial charge is 0.368 e. The van der Waals surface area contributed by atoms with Gasteiger partial charge in [-0.2, -0.15) is 0 Å². The van der Waals surface area contributed by atoms with Crippen molar-refractivity contribution in [3.63, 3.8) is 0 Å². The standard InChI is InChI=1S/C5H11N3O/c6-5(9)4-3-7-1-2-8-4/h4,7-8H,1-3H2,(H2,6,9)/t4-/m1/s1. The summed E-state index contributed by atoms with van der Waals surface area (Å²) in [7, 11) is 0. The van der Waals surface area contributed by atoms with Crippen molar-refractivity contribution in [2.45, 2.75) is 6.04 Å². The van der Waals surface area contributed by atoms with E-state index < -0.39 is 0 Å². The Hall–Kier alpha value is -0.610. The molecular weight excluding hydrogens is 118 g/mol. The first kappa shape index (κ1) is 6.51. The molecule has 4 nitrogen and oxygen atoms in total. The molecular formula is C5H11N3O. The van der Waals surface area contributed by atoms with E-state index in [1.807, 2.05) is 0 Å². The number of hydrogen-bond donors (Lipinski definition) is 3. The van der Waals surface area contributed by atoms with Crippen LogP contribution in [0.3, 0.4) is 0 Å². The summed E-state index contributed by atoms with van der Waals surface area (Å²) in [5.74, 6) is -0.276. The molecule has 0 unspecified atom stereocenters. The van der Waals surface area contributed by atoms with Crippen molar-refractivity contribution in [1.29, 1.82) is 0 Å². The number of carbonyl (C=O) groups is 1. The summed E-state index contributed by atoms with van der Waals surface area (Å²) in [6, 6.07) is -0.168. The third-order valence-electron chi connectivity index (χ3n) is 1.38. The van der Waals surface area contributed by atoms with Crippen LogP contribution in [0.5, 0.6) is 0 Å². The highest BCUT2D eigenvalue weighted by atomic mass is 16.1. The van der Waals surface area contributed by atoms with Crippen molar-refractivity contribution < 1.29 is 4.79 Å². The third-order valence-corrected chi connectivity index (χ3v) is 1.38. The molecule has 9 heavy (non-hydrogen) atoms. The van der Waals surface area contributed by atoms with Crippen molar-refractivity contribution in [3.05, 3.63) is 0 Å². The number of amides is 1. The van der Waals surface area contributed by atoms with Crippen molar-refractivity contribution in [2.75, 3.05) is 19.6 Å². The number of piperazine rings is 1. The highest BCUT2D eigenvalue weighted by Crippen LogP contribution is 1.83. The number of nitrogens with two attached hydrogens (primary N) is 1. The second-order valence-corrected chi connectivity index (χ2v) is 2.11. The Morgan fingerprint density at radius 1 is 1.56 bits per heavy atom. The van der Waals surface area contributed by atoms with E-state index in [9.17, 15) is 4.79 Å². The van der Waals surface area contributed by atoms with Gasteiger partial charge in [0.2, 0.25) is 5.91 Å². The first-order valence-electron chi connectivity index (χ1n) is 3.04. The van der Waals surface area contributed by atoms with Crippen LogP contribution in [-0.4, -0.2) is 31.6 Å². The SMILES string of the molecule is NC(=O)[C@H]1CNCCN1. The zero-order valence-corrected chi connectivity index (χ0v) is 5.18. The summed E-state index contributed by atoms with van der Waals surface area (Å²) in [4.78, 5) is 10.5. The lowest BCUT2D eigenvalue weighted by molar-refractivity contribution is -0.120. The molecule has 1 heterocycles. The summed E-state index contributed by atoms with van der Waals surface area (Å²) < 4.78 is 0. The minimum absolute atomic E-state index is 0.168. The molecule has 1 atom stereocenters. The quantitative estimate of drug-likeness (QED) is 0.385. The number of primary amides is 1. The molecule has 1 rings (SSSR count). The van der Waals surface area contributed by atoms with Gasteiger partial charge in [0.1, 0.15) is 0 Å². The Labute approximate surface area is 53.8 Å². The van der Waals surface area contributed by atoms with Crippen molar-refractivity contribution in [2.24, 2.45) is 5.73 Å². The molecule has 0 saturated carbocycles. The molecule has 52 valence electrons. The van der Waals surface area contributed by atoms with Gasteiger partial charge in [-0.1, -0.05) is 0 Å². The Morgan fingerprint density at radius 2 is 2.33 bits per heavy atom. The maximum absolute atomic E-state index is 10.5. The fourth-order valence-corrected chi connectivity index (χ4v) is 0.855. The first-order valence-corrected chi connectivity index (χ1v) is 3.04. The first-order chi connectivity index (χ1) is 4.30. The topological polar surface area (TPSA) is 67.2 Å². The van der Waals surface area contributed by atoms with Gasteiger partial charge < -0.3 is 16.4 Å². The monoisotopic (exact) mass is 129 g/mol. The number of nitrogens with one attached hydrogen (secondary N) is 2. The van der Waals surface area contributed by atoms with Crippen LogP contribution >= 0.6 is 0 Å². The number of rotatable bonds is 1. The average Bonchev–Trinajstić information content (AvgIpc) is 1.90. The second-order valence-electron chi connectivity index (χ2n) is 2.11. The van der Waals surface area contributed by atoms with E-state index in [0.717, 1.165) is 13.1 Å². The van der Waals surface area contributed by atoms with E-state index in [2.05, 4.69) is 10.6 Å². The van der Waals surface area contributed by atoms with Gasteiger partial charge in [0.25, 0.3) is 0 Å². The fourth-order valence-electron chi connectivity index (χ4n) is 0.855. The van der Waals surface area contributed by atoms with Gasteiger partial charge in [-0.25, -0.2) is 0 Å². The minimum atomic E-state index is -0.276. The Balaban J connectivity index is 2.31. The average molecular weight is 129 g/mol. The predicted molar refractivity (Wildman–Crippen MR) is 33.9 cm³/mol. The Kier molecular flexibility index (Phi) is 2.02. The smallest absolute Gasteiger partial charge is 0.235 e. The van der Waals surface area contributed by atoms with E-state index in [4.69, 9.17) is 5.73 Å². The zero-order chi connectivity index (χ0) is 6.69. The van der Waals surface area contributed by atoms with Gasteiger partial charge in [-0.05, 0) is 0 Å². The molecule has 0 aliphatic carbocycles. The minimum Gasteiger partial charge on any atom is -0.368 e. The molecule has 1 saturated heterocycles. The molecule has 1 aliphatic heterocycles. The van der Waals surface area contributed by atoms with Gasteiger partial charge >= 0.3 is 0 Å². The highest BCUT2D eigenvalue weighted by Gasteiger charge is 2.16. The van der Waals surface area contributed by atoms with Gasteiger partial charge in [0, 0.05) is 19.6 Å². The van der Waals surface area contributed by atoms with Crippen molar-refractivity contribution in [3.8, 4) is 0 Å². The van der Waals surface area contributed by atoms with Crippen LogP contribution in [0.15, 0.2) is 0 Å². The summed E-state index contributed by atoms with van der Waals surface area (Å²) in [6.45, 7) is 2.41. The normalized spacial score (nSPS) is 27.8. The van der Waals surface area contributed by atoms with Crippen molar-refractivity contribution in [1.82, 2.24) is 10.6 Å². The fraction of sp³-hybridized carbons (Fsp3) is 0.800. The molecule has 0 aromatic carbocycles. The van der Waals surface area contributed by atoms with Gasteiger partial charge in [0.05, 0.1) is 6.04 Å². The summed E-state index contributed by atoms with van der Waals surface area (Å²) >= 11 is 0. The molecule has 4 heteroatoms. The maximum Gasteiger partial charge on any atom is 0.235 e. The number of carbonyl (C=O) groups excluding carboxylic acids is 1. The van der Waals surface area contributed by atoms with Crippen LogP contribution < -0.4 is 16.4 Å². The molecule has 0 spiro atoms. The van der Waals surface area contributed by atoms with Gasteiger partial charge in [-0.15, -0.1) is 0 Å². The maximum atomic E-state index is 10.5. The lowest BCUT2D eigenvalue weighted by Crippen LogP contribution is -2.54. The summed E-state index contributed by atoms with van der Waals surface area (Å²) in [6.07, 6.45) is 0. The lowest BCUT2D eigenvalue weighted by Gasteiger charge is -2.21. The Morgan fingerprint density at radius 3 is 2.67 bits per heavy atom. The zero-order valence-electron chi connectivity index (χ0n) is 5.18. The highest BCUT2D eigenvalue weighted by molar-refractivity contribution is 5.80.